The van der Waals surface area contributed by atoms with Crippen LogP contribution in [0.2, 0.25) is 0 Å². The molecule has 0 aliphatic heterocycles. The number of para-hydroxylation sites is 1. The highest BCUT2D eigenvalue weighted by Crippen LogP contribution is 2.40. The molecule has 0 bridgehead atoms. The van der Waals surface area contributed by atoms with Gasteiger partial charge in [0.2, 0.25) is 0 Å². The highest BCUT2D eigenvalue weighted by atomic mass is 32.2. The van der Waals surface area contributed by atoms with Crippen LogP contribution < -0.4 is 10.1 Å². The fraction of sp³-hybridized carbons (Fsp3) is 0.333. The lowest BCUT2D eigenvalue weighted by Crippen LogP contribution is -2.34. The third-order valence-corrected chi connectivity index (χ3v) is 4.97. The number of methoxy groups -OCH3 is 1. The van der Waals surface area contributed by atoms with E-state index in [4.69, 9.17) is 4.74 Å². The Balaban J connectivity index is 1.60. The first kappa shape index (κ1) is 14.3. The predicted molar refractivity (Wildman–Crippen MR) is 90.6 cm³/mol. The zero-order chi connectivity index (χ0) is 14.7. The standard InChI is InChI=1S/C18H21NOS/c1-20-16-7-5-6-13(12-16)14-10-15(11-14)19-17-8-3-4-9-18(17)21-2/h3-9,12,14-15,19H,10-11H2,1-2H3. The van der Waals surface area contributed by atoms with Crippen LogP contribution in [-0.4, -0.2) is 19.4 Å². The van der Waals surface area contributed by atoms with Crippen molar-refractivity contribution in [1.29, 1.82) is 0 Å². The van der Waals surface area contributed by atoms with E-state index < -0.39 is 0 Å². The second kappa shape index (κ2) is 6.44. The maximum atomic E-state index is 5.31. The van der Waals surface area contributed by atoms with Crippen LogP contribution in [-0.2, 0) is 0 Å². The molecule has 0 amide bonds. The van der Waals surface area contributed by atoms with Gasteiger partial charge in [-0.2, -0.15) is 0 Å². The zero-order valence-corrected chi connectivity index (χ0v) is 13.3. The summed E-state index contributed by atoms with van der Waals surface area (Å²) in [5.74, 6) is 1.61. The molecule has 0 atom stereocenters. The lowest BCUT2D eigenvalue weighted by atomic mass is 9.76. The maximum Gasteiger partial charge on any atom is 0.119 e. The minimum atomic E-state index is 0.578. The van der Waals surface area contributed by atoms with Gasteiger partial charge in [0.15, 0.2) is 0 Å². The Bertz CT molecular complexity index is 608. The number of anilines is 1. The van der Waals surface area contributed by atoms with Crippen molar-refractivity contribution in [2.24, 2.45) is 0 Å². The average molecular weight is 299 g/mol. The number of ether oxygens (including phenoxy) is 1. The quantitative estimate of drug-likeness (QED) is 0.803. The molecule has 1 N–H and O–H groups in total. The molecule has 0 heterocycles. The third kappa shape index (κ3) is 3.18. The van der Waals surface area contributed by atoms with Gasteiger partial charge in [-0.15, -0.1) is 11.8 Å². The Kier molecular flexibility index (Phi) is 4.39. The SMILES string of the molecule is COc1cccc(C2CC(Nc3ccccc3SC)C2)c1. The molecular weight excluding hydrogens is 278 g/mol. The Morgan fingerprint density at radius 1 is 1.10 bits per heavy atom. The summed E-state index contributed by atoms with van der Waals surface area (Å²) in [6.07, 6.45) is 4.51. The van der Waals surface area contributed by atoms with Gasteiger partial charge in [0.05, 0.1) is 7.11 Å². The van der Waals surface area contributed by atoms with Gasteiger partial charge in [-0.3, -0.25) is 0 Å². The number of thioether (sulfide) groups is 1. The lowest BCUT2D eigenvalue weighted by Gasteiger charge is -2.37. The second-order valence-corrected chi connectivity index (χ2v) is 6.33. The first-order valence-electron chi connectivity index (χ1n) is 7.33. The third-order valence-electron chi connectivity index (χ3n) is 4.17. The largest absolute Gasteiger partial charge is 0.497 e. The molecule has 0 spiro atoms. The van der Waals surface area contributed by atoms with Crippen molar-refractivity contribution >= 4 is 17.4 Å². The minimum Gasteiger partial charge on any atom is -0.497 e. The number of benzene rings is 2. The van der Waals surface area contributed by atoms with Gasteiger partial charge in [-0.05, 0) is 54.8 Å². The maximum absolute atomic E-state index is 5.31. The Morgan fingerprint density at radius 3 is 2.67 bits per heavy atom. The van der Waals surface area contributed by atoms with Crippen LogP contribution in [0, 0.1) is 0 Å². The Hall–Kier alpha value is -1.61. The summed E-state index contributed by atoms with van der Waals surface area (Å²) in [6.45, 7) is 0. The van der Waals surface area contributed by atoms with E-state index in [0.717, 1.165) is 5.75 Å². The van der Waals surface area contributed by atoms with E-state index in [0.29, 0.717) is 12.0 Å². The van der Waals surface area contributed by atoms with E-state index in [2.05, 4.69) is 54.0 Å². The van der Waals surface area contributed by atoms with Crippen molar-refractivity contribution in [1.82, 2.24) is 0 Å². The number of nitrogens with one attached hydrogen (secondary N) is 1. The van der Waals surface area contributed by atoms with Gasteiger partial charge >= 0.3 is 0 Å². The molecule has 0 unspecified atom stereocenters. The molecular formula is C18H21NOS. The smallest absolute Gasteiger partial charge is 0.119 e. The first-order chi connectivity index (χ1) is 10.3. The molecule has 110 valence electrons. The number of rotatable bonds is 5. The minimum absolute atomic E-state index is 0.578. The molecule has 0 aromatic heterocycles. The molecule has 0 saturated heterocycles. The van der Waals surface area contributed by atoms with Crippen molar-refractivity contribution in [2.45, 2.75) is 29.7 Å². The normalized spacial score (nSPS) is 20.7. The fourth-order valence-electron chi connectivity index (χ4n) is 2.89. The van der Waals surface area contributed by atoms with E-state index in [1.165, 1.54) is 29.0 Å². The molecule has 0 radical (unpaired) electrons. The first-order valence-corrected chi connectivity index (χ1v) is 8.56. The zero-order valence-electron chi connectivity index (χ0n) is 12.5. The monoisotopic (exact) mass is 299 g/mol. The van der Waals surface area contributed by atoms with Gasteiger partial charge in [0.1, 0.15) is 5.75 Å². The Morgan fingerprint density at radius 2 is 1.90 bits per heavy atom. The number of hydrogen-bond donors (Lipinski definition) is 1. The van der Waals surface area contributed by atoms with Crippen molar-refractivity contribution in [3.8, 4) is 5.75 Å². The van der Waals surface area contributed by atoms with Crippen LogP contribution in [0.4, 0.5) is 5.69 Å². The molecule has 1 fully saturated rings. The van der Waals surface area contributed by atoms with Gasteiger partial charge < -0.3 is 10.1 Å². The highest BCUT2D eigenvalue weighted by molar-refractivity contribution is 7.98. The summed E-state index contributed by atoms with van der Waals surface area (Å²) in [5, 5.41) is 3.67. The molecule has 21 heavy (non-hydrogen) atoms. The molecule has 3 rings (SSSR count). The van der Waals surface area contributed by atoms with E-state index in [-0.39, 0.29) is 0 Å². The van der Waals surface area contributed by atoms with Crippen molar-refractivity contribution in [3.05, 3.63) is 54.1 Å². The predicted octanol–water partition coefficient (Wildman–Crippen LogP) is 4.78. The fourth-order valence-corrected chi connectivity index (χ4v) is 3.45. The summed E-state index contributed by atoms with van der Waals surface area (Å²) >= 11 is 1.80. The number of hydrogen-bond acceptors (Lipinski definition) is 3. The van der Waals surface area contributed by atoms with E-state index in [1.54, 1.807) is 18.9 Å². The summed E-state index contributed by atoms with van der Waals surface area (Å²) in [4.78, 5) is 1.32. The van der Waals surface area contributed by atoms with Crippen LogP contribution in [0.25, 0.3) is 0 Å². The molecule has 1 saturated carbocycles. The van der Waals surface area contributed by atoms with Crippen molar-refractivity contribution in [2.75, 3.05) is 18.7 Å². The van der Waals surface area contributed by atoms with E-state index in [1.807, 2.05) is 6.07 Å². The van der Waals surface area contributed by atoms with Crippen molar-refractivity contribution < 1.29 is 4.74 Å². The summed E-state index contributed by atoms with van der Waals surface area (Å²) in [7, 11) is 1.73. The van der Waals surface area contributed by atoms with Gasteiger partial charge in [-0.1, -0.05) is 24.3 Å². The molecule has 1 aliphatic rings. The lowest BCUT2D eigenvalue weighted by molar-refractivity contribution is 0.370. The van der Waals surface area contributed by atoms with Crippen LogP contribution in [0.1, 0.15) is 24.3 Å². The second-order valence-electron chi connectivity index (χ2n) is 5.49. The van der Waals surface area contributed by atoms with Gasteiger partial charge in [0.25, 0.3) is 0 Å². The molecule has 2 nitrogen and oxygen atoms in total. The summed E-state index contributed by atoms with van der Waals surface area (Å²) < 4.78 is 5.31. The van der Waals surface area contributed by atoms with Crippen LogP contribution in [0.15, 0.2) is 53.4 Å². The summed E-state index contributed by atoms with van der Waals surface area (Å²) in [6, 6.07) is 17.6. The van der Waals surface area contributed by atoms with Gasteiger partial charge in [-0.25, -0.2) is 0 Å². The molecule has 2 aromatic carbocycles. The van der Waals surface area contributed by atoms with Crippen LogP contribution in [0.3, 0.4) is 0 Å². The Labute approximate surface area is 130 Å². The highest BCUT2D eigenvalue weighted by Gasteiger charge is 2.30. The van der Waals surface area contributed by atoms with E-state index in [9.17, 15) is 0 Å². The van der Waals surface area contributed by atoms with Crippen LogP contribution in [0.5, 0.6) is 5.75 Å². The van der Waals surface area contributed by atoms with Crippen LogP contribution >= 0.6 is 11.8 Å². The molecule has 3 heteroatoms. The van der Waals surface area contributed by atoms with E-state index >= 15 is 0 Å². The van der Waals surface area contributed by atoms with Gasteiger partial charge in [0, 0.05) is 16.6 Å². The van der Waals surface area contributed by atoms with Crippen molar-refractivity contribution in [3.63, 3.8) is 0 Å². The average Bonchev–Trinajstić information content (AvgIpc) is 2.50. The summed E-state index contributed by atoms with van der Waals surface area (Å²) in [5.41, 5.74) is 2.66. The topological polar surface area (TPSA) is 21.3 Å². The molecule has 1 aliphatic carbocycles. The molecule has 2 aromatic rings.